The summed E-state index contributed by atoms with van der Waals surface area (Å²) in [6, 6.07) is 0. The van der Waals surface area contributed by atoms with Crippen LogP contribution in [0.4, 0.5) is 0 Å². The minimum absolute atomic E-state index is 0.230. The van der Waals surface area contributed by atoms with E-state index in [-0.39, 0.29) is 12.1 Å². The number of carbonyl (C=O) groups excluding carboxylic acids is 2. The van der Waals surface area contributed by atoms with Crippen LogP contribution in [0.5, 0.6) is 0 Å². The lowest BCUT2D eigenvalue weighted by atomic mass is 9.87. The molecule has 2 atom stereocenters. The molecular formula is C10H15N3O3. The first-order valence-electron chi connectivity index (χ1n) is 5.50. The molecule has 1 aliphatic heterocycles. The summed E-state index contributed by atoms with van der Waals surface area (Å²) in [6.45, 7) is 0.535. The molecule has 6 heteroatoms. The zero-order valence-corrected chi connectivity index (χ0v) is 8.90. The van der Waals surface area contributed by atoms with Crippen LogP contribution in [0.2, 0.25) is 0 Å². The number of aliphatic hydroxyl groups is 1. The molecule has 2 unspecified atom stereocenters. The minimum Gasteiger partial charge on any atom is -0.393 e. The highest BCUT2D eigenvalue weighted by molar-refractivity contribution is 6.45. The third-order valence-corrected chi connectivity index (χ3v) is 2.93. The van der Waals surface area contributed by atoms with Crippen LogP contribution in [0.1, 0.15) is 25.7 Å². The Bertz CT molecular complexity index is 322. The molecule has 6 nitrogen and oxygen atoms in total. The van der Waals surface area contributed by atoms with Crippen molar-refractivity contribution in [3.8, 4) is 0 Å². The van der Waals surface area contributed by atoms with Gasteiger partial charge in [-0.3, -0.25) is 25.2 Å². The van der Waals surface area contributed by atoms with Gasteiger partial charge in [-0.25, -0.2) is 0 Å². The first-order valence-corrected chi connectivity index (χ1v) is 5.50. The summed E-state index contributed by atoms with van der Waals surface area (Å²) in [4.78, 5) is 25.8. The third-order valence-electron chi connectivity index (χ3n) is 2.93. The van der Waals surface area contributed by atoms with E-state index in [9.17, 15) is 14.7 Å². The van der Waals surface area contributed by atoms with E-state index >= 15 is 0 Å². The number of hydrogen-bond acceptors (Lipinski definition) is 4. The van der Waals surface area contributed by atoms with E-state index in [2.05, 4.69) is 15.6 Å². The Labute approximate surface area is 93.1 Å². The Morgan fingerprint density at radius 3 is 2.56 bits per heavy atom. The van der Waals surface area contributed by atoms with Gasteiger partial charge in [-0.2, -0.15) is 0 Å². The van der Waals surface area contributed by atoms with Crippen molar-refractivity contribution in [2.75, 3.05) is 6.54 Å². The Kier molecular flexibility index (Phi) is 3.19. The average molecular weight is 225 g/mol. The monoisotopic (exact) mass is 225 g/mol. The fourth-order valence-corrected chi connectivity index (χ4v) is 2.09. The first kappa shape index (κ1) is 11.1. The molecule has 1 heterocycles. The second-order valence-electron chi connectivity index (χ2n) is 4.28. The van der Waals surface area contributed by atoms with Gasteiger partial charge in [-0.05, 0) is 25.2 Å². The van der Waals surface area contributed by atoms with Crippen LogP contribution in [0.15, 0.2) is 4.99 Å². The first-order chi connectivity index (χ1) is 7.65. The summed E-state index contributed by atoms with van der Waals surface area (Å²) in [6.07, 6.45) is 3.43. The molecule has 0 radical (unpaired) electrons. The lowest BCUT2D eigenvalue weighted by molar-refractivity contribution is -0.135. The Hall–Kier alpha value is -1.43. The zero-order valence-electron chi connectivity index (χ0n) is 8.90. The molecule has 0 aromatic carbocycles. The fourth-order valence-electron chi connectivity index (χ4n) is 2.09. The largest absolute Gasteiger partial charge is 0.393 e. The van der Waals surface area contributed by atoms with Gasteiger partial charge in [0.2, 0.25) is 5.96 Å². The van der Waals surface area contributed by atoms with Crippen molar-refractivity contribution in [3.63, 3.8) is 0 Å². The van der Waals surface area contributed by atoms with Gasteiger partial charge in [-0.15, -0.1) is 0 Å². The molecule has 2 aliphatic rings. The Balaban J connectivity index is 1.84. The maximum atomic E-state index is 10.8. The van der Waals surface area contributed by atoms with Gasteiger partial charge in [0.1, 0.15) is 0 Å². The molecule has 1 aliphatic carbocycles. The average Bonchev–Trinajstić information content (AvgIpc) is 2.56. The molecule has 1 saturated heterocycles. The summed E-state index contributed by atoms with van der Waals surface area (Å²) in [5.74, 6) is -0.759. The molecule has 0 aromatic heterocycles. The number of aliphatic hydroxyl groups excluding tert-OH is 1. The van der Waals surface area contributed by atoms with Gasteiger partial charge in [0, 0.05) is 6.54 Å². The number of aliphatic imine (C=N–C) groups is 1. The highest BCUT2D eigenvalue weighted by Gasteiger charge is 2.26. The van der Waals surface area contributed by atoms with Crippen LogP contribution in [0, 0.1) is 5.92 Å². The number of amides is 2. The van der Waals surface area contributed by atoms with Crippen molar-refractivity contribution < 1.29 is 14.7 Å². The van der Waals surface area contributed by atoms with Crippen molar-refractivity contribution in [2.45, 2.75) is 31.8 Å². The van der Waals surface area contributed by atoms with Crippen molar-refractivity contribution in [2.24, 2.45) is 10.9 Å². The molecule has 0 bridgehead atoms. The standard InChI is InChI=1S/C10H15N3O3/c14-7-3-1-2-6(4-7)5-11-10-12-8(15)9(16)13-10/h6-7,14H,1-5H2,(H2,11,12,13,15,16). The highest BCUT2D eigenvalue weighted by atomic mass is 16.3. The SMILES string of the molecule is O=C1NC(=NCC2CCCC(O)C2)NC1=O. The van der Waals surface area contributed by atoms with E-state index in [1.54, 1.807) is 0 Å². The van der Waals surface area contributed by atoms with Crippen molar-refractivity contribution in [1.29, 1.82) is 0 Å². The van der Waals surface area contributed by atoms with E-state index in [1.165, 1.54) is 0 Å². The third kappa shape index (κ3) is 2.57. The number of carbonyl (C=O) groups is 2. The maximum absolute atomic E-state index is 10.8. The number of rotatable bonds is 2. The minimum atomic E-state index is -0.664. The Morgan fingerprint density at radius 2 is 1.94 bits per heavy atom. The molecule has 2 rings (SSSR count). The molecule has 88 valence electrons. The number of nitrogens with zero attached hydrogens (tertiary/aromatic N) is 1. The van der Waals surface area contributed by atoms with Gasteiger partial charge in [0.15, 0.2) is 0 Å². The normalized spacial score (nSPS) is 29.9. The van der Waals surface area contributed by atoms with Gasteiger partial charge < -0.3 is 5.11 Å². The van der Waals surface area contributed by atoms with Gasteiger partial charge >= 0.3 is 11.8 Å². The second kappa shape index (κ2) is 4.61. The number of guanidine groups is 1. The van der Waals surface area contributed by atoms with Crippen molar-refractivity contribution in [1.82, 2.24) is 10.6 Å². The quantitative estimate of drug-likeness (QED) is 0.534. The van der Waals surface area contributed by atoms with Gasteiger partial charge in [0.25, 0.3) is 0 Å². The van der Waals surface area contributed by atoms with Crippen LogP contribution in [0.3, 0.4) is 0 Å². The summed E-state index contributed by atoms with van der Waals surface area (Å²) in [5, 5.41) is 14.2. The van der Waals surface area contributed by atoms with Gasteiger partial charge in [0.05, 0.1) is 6.10 Å². The van der Waals surface area contributed by atoms with E-state index in [4.69, 9.17) is 0 Å². The zero-order chi connectivity index (χ0) is 11.5. The summed E-state index contributed by atoms with van der Waals surface area (Å²) < 4.78 is 0. The fraction of sp³-hybridized carbons (Fsp3) is 0.700. The van der Waals surface area contributed by atoms with Crippen molar-refractivity contribution >= 4 is 17.8 Å². The second-order valence-corrected chi connectivity index (χ2v) is 4.28. The Morgan fingerprint density at radius 1 is 1.25 bits per heavy atom. The van der Waals surface area contributed by atoms with Gasteiger partial charge in [-0.1, -0.05) is 6.42 Å². The van der Waals surface area contributed by atoms with Crippen molar-refractivity contribution in [3.05, 3.63) is 0 Å². The van der Waals surface area contributed by atoms with Crippen LogP contribution in [-0.2, 0) is 9.59 Å². The van der Waals surface area contributed by atoms with Crippen LogP contribution >= 0.6 is 0 Å². The molecule has 1 saturated carbocycles. The molecule has 2 amide bonds. The molecular weight excluding hydrogens is 210 g/mol. The maximum Gasteiger partial charge on any atom is 0.316 e. The molecule has 0 spiro atoms. The molecule has 16 heavy (non-hydrogen) atoms. The van der Waals surface area contributed by atoms with E-state index in [1.807, 2.05) is 0 Å². The molecule has 0 aromatic rings. The lowest BCUT2D eigenvalue weighted by Crippen LogP contribution is -2.28. The molecule has 3 N–H and O–H groups in total. The predicted octanol–water partition coefficient (Wildman–Crippen LogP) is -0.861. The molecule has 2 fully saturated rings. The van der Waals surface area contributed by atoms with Crippen LogP contribution < -0.4 is 10.6 Å². The highest BCUT2D eigenvalue weighted by Crippen LogP contribution is 2.24. The summed E-state index contributed by atoms with van der Waals surface area (Å²) in [7, 11) is 0. The van der Waals surface area contributed by atoms with E-state index in [0.29, 0.717) is 12.5 Å². The van der Waals surface area contributed by atoms with Crippen LogP contribution in [-0.4, -0.2) is 35.5 Å². The number of hydrogen-bond donors (Lipinski definition) is 3. The van der Waals surface area contributed by atoms with E-state index < -0.39 is 11.8 Å². The van der Waals surface area contributed by atoms with Crippen LogP contribution in [0.25, 0.3) is 0 Å². The smallest absolute Gasteiger partial charge is 0.316 e. The topological polar surface area (TPSA) is 90.8 Å². The lowest BCUT2D eigenvalue weighted by Gasteiger charge is -2.24. The number of nitrogens with one attached hydrogen (secondary N) is 2. The predicted molar refractivity (Wildman–Crippen MR) is 56.6 cm³/mol. The van der Waals surface area contributed by atoms with E-state index in [0.717, 1.165) is 25.7 Å². The summed E-state index contributed by atoms with van der Waals surface area (Å²) in [5.41, 5.74) is 0. The summed E-state index contributed by atoms with van der Waals surface area (Å²) >= 11 is 0.